The number of benzene rings is 1. The van der Waals surface area contributed by atoms with Crippen LogP contribution in [0.4, 0.5) is 24.5 Å². The Bertz CT molecular complexity index is 635. The third kappa shape index (κ3) is 5.09. The Hall–Kier alpha value is -2.34. The summed E-state index contributed by atoms with van der Waals surface area (Å²) in [5, 5.41) is 22.8. The Morgan fingerprint density at radius 3 is 2.58 bits per heavy atom. The maximum atomic E-state index is 12.3. The molecule has 1 fully saturated rings. The zero-order valence-electron chi connectivity index (χ0n) is 12.8. The number of piperidine rings is 1. The number of hydrogen-bond donors (Lipinski definition) is 1. The molecular formula is C15H17F3N4O2. The van der Waals surface area contributed by atoms with Gasteiger partial charge in [0.1, 0.15) is 5.69 Å². The summed E-state index contributed by atoms with van der Waals surface area (Å²) >= 11 is 0. The first-order valence-electron chi connectivity index (χ1n) is 7.50. The molecule has 0 aliphatic carbocycles. The highest BCUT2D eigenvalue weighted by Crippen LogP contribution is 2.27. The maximum absolute atomic E-state index is 12.3. The van der Waals surface area contributed by atoms with E-state index in [1.807, 2.05) is 6.07 Å². The van der Waals surface area contributed by atoms with Gasteiger partial charge >= 0.3 is 6.18 Å². The van der Waals surface area contributed by atoms with Gasteiger partial charge in [0, 0.05) is 12.6 Å². The largest absolute Gasteiger partial charge is 0.401 e. The summed E-state index contributed by atoms with van der Waals surface area (Å²) in [5.41, 5.74) is 0.341. The molecule has 1 aliphatic heterocycles. The molecule has 1 aromatic carbocycles. The number of halogens is 3. The van der Waals surface area contributed by atoms with E-state index in [0.717, 1.165) is 0 Å². The van der Waals surface area contributed by atoms with Crippen molar-refractivity contribution >= 4 is 11.4 Å². The highest BCUT2D eigenvalue weighted by atomic mass is 19.4. The highest BCUT2D eigenvalue weighted by molar-refractivity contribution is 5.64. The van der Waals surface area contributed by atoms with Crippen LogP contribution in [-0.2, 0) is 0 Å². The number of nitrogens with zero attached hydrogens (tertiary/aromatic N) is 3. The predicted molar refractivity (Wildman–Crippen MR) is 81.5 cm³/mol. The summed E-state index contributed by atoms with van der Waals surface area (Å²) in [4.78, 5) is 11.9. The van der Waals surface area contributed by atoms with Gasteiger partial charge in [0.25, 0.3) is 5.69 Å². The number of hydrogen-bond acceptors (Lipinski definition) is 5. The predicted octanol–water partition coefficient (Wildman–Crippen LogP) is 3.15. The molecule has 1 saturated heterocycles. The molecule has 24 heavy (non-hydrogen) atoms. The third-order valence-corrected chi connectivity index (χ3v) is 4.01. The molecule has 0 saturated carbocycles. The summed E-state index contributed by atoms with van der Waals surface area (Å²) in [5.74, 6) is 0.157. The van der Waals surface area contributed by atoms with Crippen LogP contribution in [0.5, 0.6) is 0 Å². The molecule has 1 aromatic rings. The monoisotopic (exact) mass is 342 g/mol. The van der Waals surface area contributed by atoms with Gasteiger partial charge in [-0.05, 0) is 44.0 Å². The highest BCUT2D eigenvalue weighted by Gasteiger charge is 2.32. The van der Waals surface area contributed by atoms with E-state index in [4.69, 9.17) is 5.26 Å². The molecule has 0 aromatic heterocycles. The fraction of sp³-hybridized carbons (Fsp3) is 0.533. The molecule has 2 rings (SSSR count). The van der Waals surface area contributed by atoms with Crippen LogP contribution in [0.3, 0.4) is 0 Å². The van der Waals surface area contributed by atoms with E-state index in [9.17, 15) is 23.3 Å². The number of nitrogens with one attached hydrogen (secondary N) is 1. The van der Waals surface area contributed by atoms with E-state index in [2.05, 4.69) is 5.32 Å². The lowest BCUT2D eigenvalue weighted by Crippen LogP contribution is -2.41. The normalized spacial score (nSPS) is 16.6. The van der Waals surface area contributed by atoms with Gasteiger partial charge in [0.05, 0.1) is 23.1 Å². The van der Waals surface area contributed by atoms with Crippen LogP contribution in [0.1, 0.15) is 18.4 Å². The zero-order valence-corrected chi connectivity index (χ0v) is 12.8. The van der Waals surface area contributed by atoms with Gasteiger partial charge in [0.15, 0.2) is 0 Å². The zero-order chi connectivity index (χ0) is 17.7. The minimum atomic E-state index is -4.19. The van der Waals surface area contributed by atoms with Crippen LogP contribution in [-0.4, -0.2) is 42.2 Å². The number of likely N-dealkylation sites (tertiary alicyclic amines) is 1. The lowest BCUT2D eigenvalue weighted by molar-refractivity contribution is -0.384. The van der Waals surface area contributed by atoms with Gasteiger partial charge in [-0.1, -0.05) is 0 Å². The summed E-state index contributed by atoms with van der Waals surface area (Å²) in [6.07, 6.45) is -2.98. The van der Waals surface area contributed by atoms with Gasteiger partial charge < -0.3 is 5.32 Å². The first kappa shape index (κ1) is 18.0. The molecule has 130 valence electrons. The Morgan fingerprint density at radius 1 is 1.38 bits per heavy atom. The maximum Gasteiger partial charge on any atom is 0.401 e. The van der Waals surface area contributed by atoms with Crippen molar-refractivity contribution in [2.24, 2.45) is 5.92 Å². The number of nitriles is 1. The fourth-order valence-corrected chi connectivity index (χ4v) is 2.76. The first-order valence-corrected chi connectivity index (χ1v) is 7.50. The van der Waals surface area contributed by atoms with E-state index in [0.29, 0.717) is 38.2 Å². The van der Waals surface area contributed by atoms with Crippen LogP contribution >= 0.6 is 0 Å². The topological polar surface area (TPSA) is 82.2 Å². The minimum Gasteiger partial charge on any atom is -0.379 e. The van der Waals surface area contributed by atoms with Crippen molar-refractivity contribution in [2.45, 2.75) is 19.0 Å². The molecule has 1 N–H and O–H groups in total. The van der Waals surface area contributed by atoms with Gasteiger partial charge in [0.2, 0.25) is 0 Å². The van der Waals surface area contributed by atoms with Crippen molar-refractivity contribution in [3.05, 3.63) is 33.9 Å². The van der Waals surface area contributed by atoms with Crippen molar-refractivity contribution in [3.8, 4) is 6.07 Å². The van der Waals surface area contributed by atoms with Crippen LogP contribution in [0.2, 0.25) is 0 Å². The molecule has 1 aliphatic rings. The average Bonchev–Trinajstić information content (AvgIpc) is 2.52. The van der Waals surface area contributed by atoms with Gasteiger partial charge in [-0.15, -0.1) is 0 Å². The Kier molecular flexibility index (Phi) is 5.62. The lowest BCUT2D eigenvalue weighted by atomic mass is 9.96. The second-order valence-corrected chi connectivity index (χ2v) is 5.82. The molecule has 0 unspecified atom stereocenters. The van der Waals surface area contributed by atoms with E-state index in [1.165, 1.54) is 23.1 Å². The van der Waals surface area contributed by atoms with Crippen molar-refractivity contribution in [1.82, 2.24) is 4.90 Å². The third-order valence-electron chi connectivity index (χ3n) is 4.01. The van der Waals surface area contributed by atoms with E-state index >= 15 is 0 Å². The molecule has 1 heterocycles. The summed E-state index contributed by atoms with van der Waals surface area (Å²) < 4.78 is 37.0. The van der Waals surface area contributed by atoms with Crippen LogP contribution in [0.15, 0.2) is 18.2 Å². The lowest BCUT2D eigenvalue weighted by Gasteiger charge is -2.32. The molecule has 9 heteroatoms. The van der Waals surface area contributed by atoms with Crippen LogP contribution in [0, 0.1) is 27.4 Å². The van der Waals surface area contributed by atoms with Gasteiger partial charge in [-0.2, -0.15) is 18.4 Å². The second-order valence-electron chi connectivity index (χ2n) is 5.82. The number of nitro benzene ring substituents is 1. The molecule has 0 amide bonds. The van der Waals surface area contributed by atoms with E-state index < -0.39 is 17.6 Å². The molecule has 6 nitrogen and oxygen atoms in total. The van der Waals surface area contributed by atoms with E-state index in [-0.39, 0.29) is 17.2 Å². The number of rotatable bonds is 5. The summed E-state index contributed by atoms with van der Waals surface area (Å²) in [6.45, 7) is 0.281. The van der Waals surface area contributed by atoms with Gasteiger partial charge in [-0.25, -0.2) is 0 Å². The number of alkyl halides is 3. The molecule has 0 spiro atoms. The standard InChI is InChI=1S/C15H17F3N4O2/c16-15(17,18)10-21-5-3-11(4-6-21)9-20-13-2-1-12(8-19)7-14(13)22(23)24/h1-2,7,11,20H,3-6,9-10H2. The Morgan fingerprint density at radius 2 is 2.04 bits per heavy atom. The summed E-state index contributed by atoms with van der Waals surface area (Å²) in [6, 6.07) is 6.02. The molecular weight excluding hydrogens is 325 g/mol. The first-order chi connectivity index (χ1) is 11.3. The van der Waals surface area contributed by atoms with Crippen molar-refractivity contribution in [1.29, 1.82) is 5.26 Å². The van der Waals surface area contributed by atoms with E-state index in [1.54, 1.807) is 0 Å². The Labute approximate surface area is 137 Å². The quantitative estimate of drug-likeness (QED) is 0.656. The average molecular weight is 342 g/mol. The van der Waals surface area contributed by atoms with Gasteiger partial charge in [-0.3, -0.25) is 15.0 Å². The van der Waals surface area contributed by atoms with Crippen LogP contribution < -0.4 is 5.32 Å². The number of nitro groups is 1. The van der Waals surface area contributed by atoms with Crippen molar-refractivity contribution in [3.63, 3.8) is 0 Å². The smallest absolute Gasteiger partial charge is 0.379 e. The minimum absolute atomic E-state index is 0.157. The Balaban J connectivity index is 1.89. The SMILES string of the molecule is N#Cc1ccc(NCC2CCN(CC(F)(F)F)CC2)c([N+](=O)[O-])c1. The fourth-order valence-electron chi connectivity index (χ4n) is 2.76. The molecule has 0 bridgehead atoms. The van der Waals surface area contributed by atoms with Crippen molar-refractivity contribution in [2.75, 3.05) is 31.5 Å². The molecule has 0 radical (unpaired) electrons. The molecule has 0 atom stereocenters. The summed E-state index contributed by atoms with van der Waals surface area (Å²) in [7, 11) is 0. The van der Waals surface area contributed by atoms with Crippen LogP contribution in [0.25, 0.3) is 0 Å². The number of anilines is 1. The van der Waals surface area contributed by atoms with Crippen molar-refractivity contribution < 1.29 is 18.1 Å². The second kappa shape index (κ2) is 7.49.